The predicted octanol–water partition coefficient (Wildman–Crippen LogP) is 4.72. The standard InChI is InChI=1S/C35H37N3O6S/c1-26-8-12-29(13-9-26)33(34(39)36-24-27-10-16-31(43-2)17-11-27)38(25-28-6-4-3-5-7-28)35(40)30-14-18-32(19-15-30)45(41,42)37-20-22-44-23-21-37/h3-19,33H,20-25H2,1-2H3,(H,36,39)/t33-/m1/s1. The van der Waals surface area contributed by atoms with Crippen molar-refractivity contribution in [2.24, 2.45) is 0 Å². The van der Waals surface area contributed by atoms with Gasteiger partial charge in [0.05, 0.1) is 25.2 Å². The van der Waals surface area contributed by atoms with Crippen LogP contribution in [-0.2, 0) is 32.6 Å². The average molecular weight is 628 g/mol. The van der Waals surface area contributed by atoms with Crippen molar-refractivity contribution in [3.05, 3.63) is 131 Å². The van der Waals surface area contributed by atoms with Gasteiger partial charge in [0.25, 0.3) is 5.91 Å². The van der Waals surface area contributed by atoms with Gasteiger partial charge in [0.15, 0.2) is 0 Å². The molecule has 0 saturated carbocycles. The molecule has 2 amide bonds. The van der Waals surface area contributed by atoms with Crippen LogP contribution in [0.3, 0.4) is 0 Å². The Morgan fingerprint density at radius 3 is 2.13 bits per heavy atom. The summed E-state index contributed by atoms with van der Waals surface area (Å²) >= 11 is 0. The molecule has 9 nitrogen and oxygen atoms in total. The third-order valence-corrected chi connectivity index (χ3v) is 9.66. The van der Waals surface area contributed by atoms with Crippen molar-refractivity contribution in [3.63, 3.8) is 0 Å². The first kappa shape index (κ1) is 31.9. The first-order valence-electron chi connectivity index (χ1n) is 14.8. The number of rotatable bonds is 11. The average Bonchev–Trinajstić information content (AvgIpc) is 3.08. The van der Waals surface area contributed by atoms with Crippen molar-refractivity contribution in [2.45, 2.75) is 31.0 Å². The summed E-state index contributed by atoms with van der Waals surface area (Å²) in [6.07, 6.45) is 0. The third-order valence-electron chi connectivity index (χ3n) is 7.74. The van der Waals surface area contributed by atoms with Crippen LogP contribution in [0.5, 0.6) is 5.75 Å². The summed E-state index contributed by atoms with van der Waals surface area (Å²) < 4.78 is 38.3. The number of ether oxygens (including phenoxy) is 2. The normalized spacial score (nSPS) is 14.4. The van der Waals surface area contributed by atoms with Crippen LogP contribution < -0.4 is 10.1 Å². The monoisotopic (exact) mass is 627 g/mol. The largest absolute Gasteiger partial charge is 0.497 e. The summed E-state index contributed by atoms with van der Waals surface area (Å²) in [5.41, 5.74) is 3.67. The molecule has 4 aromatic carbocycles. The van der Waals surface area contributed by atoms with Crippen LogP contribution >= 0.6 is 0 Å². The molecule has 1 atom stereocenters. The Kier molecular flexibility index (Phi) is 10.3. The number of morpholine rings is 1. The highest BCUT2D eigenvalue weighted by atomic mass is 32.2. The minimum atomic E-state index is -3.73. The zero-order valence-corrected chi connectivity index (χ0v) is 26.2. The molecule has 0 aliphatic carbocycles. The van der Waals surface area contributed by atoms with Crippen LogP contribution in [0.1, 0.15) is 38.7 Å². The van der Waals surface area contributed by atoms with E-state index in [0.29, 0.717) is 24.5 Å². The lowest BCUT2D eigenvalue weighted by atomic mass is 10.00. The van der Waals surface area contributed by atoms with Gasteiger partial charge in [0.2, 0.25) is 15.9 Å². The Hall–Kier alpha value is -4.51. The number of nitrogens with one attached hydrogen (secondary N) is 1. The molecule has 0 spiro atoms. The number of carbonyl (C=O) groups excluding carboxylic acids is 2. The van der Waals surface area contributed by atoms with Crippen molar-refractivity contribution in [2.75, 3.05) is 33.4 Å². The molecule has 1 fully saturated rings. The number of aryl methyl sites for hydroxylation is 1. The van der Waals surface area contributed by atoms with Crippen molar-refractivity contribution >= 4 is 21.8 Å². The van der Waals surface area contributed by atoms with E-state index in [4.69, 9.17) is 9.47 Å². The number of benzene rings is 4. The molecule has 0 radical (unpaired) electrons. The second-order valence-corrected chi connectivity index (χ2v) is 12.8. The first-order chi connectivity index (χ1) is 21.8. The number of carbonyl (C=O) groups is 2. The Bertz CT molecular complexity index is 1690. The summed E-state index contributed by atoms with van der Waals surface area (Å²) in [4.78, 5) is 30.0. The van der Waals surface area contributed by atoms with Gasteiger partial charge >= 0.3 is 0 Å². The third kappa shape index (κ3) is 7.78. The smallest absolute Gasteiger partial charge is 0.255 e. The molecule has 1 aliphatic heterocycles. The molecule has 0 unspecified atom stereocenters. The molecule has 0 bridgehead atoms. The highest BCUT2D eigenvalue weighted by molar-refractivity contribution is 7.89. The summed E-state index contributed by atoms with van der Waals surface area (Å²) in [5.74, 6) is -0.0316. The van der Waals surface area contributed by atoms with E-state index in [-0.39, 0.29) is 42.5 Å². The number of hydrogen-bond acceptors (Lipinski definition) is 6. The summed E-state index contributed by atoms with van der Waals surface area (Å²) in [6.45, 7) is 3.60. The number of hydrogen-bond donors (Lipinski definition) is 1. The van der Waals surface area contributed by atoms with Gasteiger partial charge in [-0.05, 0) is 60.0 Å². The van der Waals surface area contributed by atoms with Crippen molar-refractivity contribution in [1.82, 2.24) is 14.5 Å². The van der Waals surface area contributed by atoms with E-state index >= 15 is 0 Å². The van der Waals surface area contributed by atoms with Gasteiger partial charge in [-0.15, -0.1) is 0 Å². The fourth-order valence-electron chi connectivity index (χ4n) is 5.18. The molecule has 10 heteroatoms. The topological polar surface area (TPSA) is 105 Å². The fraction of sp³-hybridized carbons (Fsp3) is 0.257. The van der Waals surface area contributed by atoms with E-state index in [1.807, 2.05) is 85.8 Å². The second-order valence-electron chi connectivity index (χ2n) is 10.8. The molecule has 1 N–H and O–H groups in total. The minimum absolute atomic E-state index is 0.0999. The summed E-state index contributed by atoms with van der Waals surface area (Å²) in [5, 5.41) is 3.02. The van der Waals surface area contributed by atoms with E-state index < -0.39 is 22.0 Å². The molecule has 45 heavy (non-hydrogen) atoms. The first-order valence-corrected chi connectivity index (χ1v) is 16.2. The zero-order chi connectivity index (χ0) is 31.8. The zero-order valence-electron chi connectivity index (χ0n) is 25.4. The van der Waals surface area contributed by atoms with E-state index in [0.717, 1.165) is 16.7 Å². The van der Waals surface area contributed by atoms with Crippen molar-refractivity contribution in [3.8, 4) is 5.75 Å². The molecular weight excluding hydrogens is 590 g/mol. The Morgan fingerprint density at radius 1 is 0.867 bits per heavy atom. The lowest BCUT2D eigenvalue weighted by molar-refractivity contribution is -0.126. The van der Waals surface area contributed by atoms with Gasteiger partial charge in [0.1, 0.15) is 11.8 Å². The van der Waals surface area contributed by atoms with Gasteiger partial charge in [0, 0.05) is 31.7 Å². The number of amides is 2. The molecule has 4 aromatic rings. The van der Waals surface area contributed by atoms with Crippen molar-refractivity contribution < 1.29 is 27.5 Å². The fourth-order valence-corrected chi connectivity index (χ4v) is 6.59. The Labute approximate surface area is 264 Å². The van der Waals surface area contributed by atoms with Crippen LogP contribution in [0.4, 0.5) is 0 Å². The SMILES string of the molecule is COc1ccc(CNC(=O)[C@@H](c2ccc(C)cc2)N(Cc2ccccc2)C(=O)c2ccc(S(=O)(=O)N3CCOCC3)cc2)cc1. The van der Waals surface area contributed by atoms with Crippen LogP contribution in [-0.4, -0.2) is 62.9 Å². The minimum Gasteiger partial charge on any atom is -0.497 e. The van der Waals surface area contributed by atoms with E-state index in [1.54, 1.807) is 7.11 Å². The van der Waals surface area contributed by atoms with Gasteiger partial charge < -0.3 is 19.7 Å². The molecule has 1 saturated heterocycles. The van der Waals surface area contributed by atoms with Crippen LogP contribution in [0.25, 0.3) is 0 Å². The van der Waals surface area contributed by atoms with Gasteiger partial charge in [-0.25, -0.2) is 8.42 Å². The molecule has 1 aliphatic rings. The number of nitrogens with zero attached hydrogens (tertiary/aromatic N) is 2. The van der Waals surface area contributed by atoms with Gasteiger partial charge in [-0.2, -0.15) is 4.31 Å². The lowest BCUT2D eigenvalue weighted by Gasteiger charge is -2.32. The maximum Gasteiger partial charge on any atom is 0.255 e. The van der Waals surface area contributed by atoms with E-state index in [9.17, 15) is 18.0 Å². The maximum atomic E-state index is 14.3. The Balaban J connectivity index is 1.47. The highest BCUT2D eigenvalue weighted by Crippen LogP contribution is 2.27. The van der Waals surface area contributed by atoms with Crippen LogP contribution in [0.2, 0.25) is 0 Å². The summed E-state index contributed by atoms with van der Waals surface area (Å²) in [6, 6.07) is 29.4. The van der Waals surface area contributed by atoms with E-state index in [1.165, 1.54) is 33.5 Å². The summed E-state index contributed by atoms with van der Waals surface area (Å²) in [7, 11) is -2.14. The highest BCUT2D eigenvalue weighted by Gasteiger charge is 2.33. The predicted molar refractivity (Wildman–Crippen MR) is 171 cm³/mol. The molecule has 5 rings (SSSR count). The maximum absolute atomic E-state index is 14.3. The van der Waals surface area contributed by atoms with E-state index in [2.05, 4.69) is 5.32 Å². The number of sulfonamides is 1. The Morgan fingerprint density at radius 2 is 1.51 bits per heavy atom. The number of methoxy groups -OCH3 is 1. The van der Waals surface area contributed by atoms with Gasteiger partial charge in [-0.1, -0.05) is 72.3 Å². The molecule has 234 valence electrons. The quantitative estimate of drug-likeness (QED) is 0.258. The molecule has 1 heterocycles. The van der Waals surface area contributed by atoms with Crippen LogP contribution in [0.15, 0.2) is 108 Å². The second kappa shape index (κ2) is 14.5. The van der Waals surface area contributed by atoms with Crippen LogP contribution in [0, 0.1) is 6.92 Å². The molecular formula is C35H37N3O6S. The lowest BCUT2D eigenvalue weighted by Crippen LogP contribution is -2.43. The van der Waals surface area contributed by atoms with Gasteiger partial charge in [-0.3, -0.25) is 9.59 Å². The molecule has 0 aromatic heterocycles. The van der Waals surface area contributed by atoms with Crippen molar-refractivity contribution in [1.29, 1.82) is 0 Å².